The molecule has 2 unspecified atom stereocenters. The molecule has 1 aliphatic rings. The summed E-state index contributed by atoms with van der Waals surface area (Å²) in [5, 5.41) is 9.48. The van der Waals surface area contributed by atoms with Gasteiger partial charge in [0.2, 0.25) is 0 Å². The van der Waals surface area contributed by atoms with Gasteiger partial charge in [-0.3, -0.25) is 9.69 Å². The molecule has 0 aromatic heterocycles. The standard InChI is InChI=1S/C19H29NO5/c1-5-15(20-8-6-7-13(11-20)12-21)19(22)18-16(24-3)9-14(23-2)10-17(18)25-4/h9-10,13,15,21H,5-8,11-12H2,1-4H3. The molecule has 0 spiro atoms. The number of Topliss-reactive ketones (excluding diaryl/α,β-unsaturated/α-hetero) is 1. The van der Waals surface area contributed by atoms with Crippen LogP contribution in [0.4, 0.5) is 0 Å². The highest BCUT2D eigenvalue weighted by Crippen LogP contribution is 2.36. The fraction of sp³-hybridized carbons (Fsp3) is 0.632. The molecule has 1 aromatic rings. The minimum atomic E-state index is -0.259. The monoisotopic (exact) mass is 351 g/mol. The lowest BCUT2D eigenvalue weighted by Gasteiger charge is -2.37. The Morgan fingerprint density at radius 2 is 1.88 bits per heavy atom. The summed E-state index contributed by atoms with van der Waals surface area (Å²) in [5.41, 5.74) is 0.448. The maximum atomic E-state index is 13.3. The zero-order valence-electron chi connectivity index (χ0n) is 15.6. The molecular weight excluding hydrogens is 322 g/mol. The van der Waals surface area contributed by atoms with Crippen molar-refractivity contribution in [2.45, 2.75) is 32.2 Å². The number of aliphatic hydroxyl groups excluding tert-OH is 1. The third kappa shape index (κ3) is 4.25. The number of methoxy groups -OCH3 is 3. The van der Waals surface area contributed by atoms with E-state index in [0.29, 0.717) is 29.2 Å². The summed E-state index contributed by atoms with van der Waals surface area (Å²) in [7, 11) is 4.64. The summed E-state index contributed by atoms with van der Waals surface area (Å²) in [4.78, 5) is 15.5. The second-order valence-electron chi connectivity index (χ2n) is 6.38. The first-order chi connectivity index (χ1) is 12.1. The highest BCUT2D eigenvalue weighted by atomic mass is 16.5. The van der Waals surface area contributed by atoms with Crippen LogP contribution in [0.1, 0.15) is 36.5 Å². The highest BCUT2D eigenvalue weighted by Gasteiger charge is 2.33. The van der Waals surface area contributed by atoms with Crippen LogP contribution in [0.25, 0.3) is 0 Å². The van der Waals surface area contributed by atoms with E-state index in [1.807, 2.05) is 6.92 Å². The van der Waals surface area contributed by atoms with Gasteiger partial charge in [0.05, 0.1) is 27.4 Å². The van der Waals surface area contributed by atoms with E-state index in [1.54, 1.807) is 19.2 Å². The molecule has 2 rings (SSSR count). The fourth-order valence-corrected chi connectivity index (χ4v) is 3.55. The zero-order chi connectivity index (χ0) is 18.4. The number of hydrogen-bond donors (Lipinski definition) is 1. The number of carbonyl (C=O) groups excluding carboxylic acids is 1. The second kappa shape index (κ2) is 9.06. The molecule has 1 heterocycles. The molecule has 140 valence electrons. The molecule has 1 aliphatic heterocycles. The maximum absolute atomic E-state index is 13.3. The van der Waals surface area contributed by atoms with Crippen LogP contribution >= 0.6 is 0 Å². The van der Waals surface area contributed by atoms with Crippen molar-refractivity contribution in [2.75, 3.05) is 41.0 Å². The Morgan fingerprint density at radius 1 is 1.24 bits per heavy atom. The number of nitrogens with zero attached hydrogens (tertiary/aromatic N) is 1. The largest absolute Gasteiger partial charge is 0.496 e. The van der Waals surface area contributed by atoms with E-state index in [0.717, 1.165) is 25.9 Å². The molecule has 1 N–H and O–H groups in total. The average molecular weight is 351 g/mol. The molecule has 0 amide bonds. The van der Waals surface area contributed by atoms with Crippen LogP contribution in [0, 0.1) is 5.92 Å². The summed E-state index contributed by atoms with van der Waals surface area (Å²) in [6.07, 6.45) is 2.69. The Bertz CT molecular complexity index is 564. The van der Waals surface area contributed by atoms with E-state index in [1.165, 1.54) is 14.2 Å². The third-order valence-corrected chi connectivity index (χ3v) is 4.90. The minimum absolute atomic E-state index is 0.0163. The first-order valence-corrected chi connectivity index (χ1v) is 8.78. The average Bonchev–Trinajstić information content (AvgIpc) is 2.67. The van der Waals surface area contributed by atoms with Crippen molar-refractivity contribution >= 4 is 5.78 Å². The Balaban J connectivity index is 2.36. The third-order valence-electron chi connectivity index (χ3n) is 4.90. The lowest BCUT2D eigenvalue weighted by molar-refractivity contribution is 0.0624. The lowest BCUT2D eigenvalue weighted by atomic mass is 9.93. The predicted octanol–water partition coefficient (Wildman–Crippen LogP) is 2.38. The van der Waals surface area contributed by atoms with Gasteiger partial charge in [0, 0.05) is 25.3 Å². The van der Waals surface area contributed by atoms with Crippen molar-refractivity contribution in [1.82, 2.24) is 4.90 Å². The van der Waals surface area contributed by atoms with Gasteiger partial charge in [0.1, 0.15) is 22.8 Å². The van der Waals surface area contributed by atoms with Gasteiger partial charge in [0.25, 0.3) is 0 Å². The number of ketones is 1. The van der Waals surface area contributed by atoms with Crippen LogP contribution in [0.15, 0.2) is 12.1 Å². The molecule has 0 saturated carbocycles. The fourth-order valence-electron chi connectivity index (χ4n) is 3.55. The number of benzene rings is 1. The Hall–Kier alpha value is -1.79. The number of likely N-dealkylation sites (tertiary alicyclic amines) is 1. The Kier molecular flexibility index (Phi) is 7.08. The molecule has 1 fully saturated rings. The smallest absolute Gasteiger partial charge is 0.187 e. The van der Waals surface area contributed by atoms with Crippen LogP contribution in [-0.4, -0.2) is 62.9 Å². The number of aliphatic hydroxyl groups is 1. The van der Waals surface area contributed by atoms with Gasteiger partial charge in [-0.15, -0.1) is 0 Å². The number of hydrogen-bond acceptors (Lipinski definition) is 6. The van der Waals surface area contributed by atoms with Crippen molar-refractivity contribution in [3.05, 3.63) is 17.7 Å². The van der Waals surface area contributed by atoms with Crippen molar-refractivity contribution in [3.8, 4) is 17.2 Å². The highest BCUT2D eigenvalue weighted by molar-refractivity contribution is 6.05. The van der Waals surface area contributed by atoms with E-state index in [-0.39, 0.29) is 24.3 Å². The first kappa shape index (κ1) is 19.5. The van der Waals surface area contributed by atoms with Crippen molar-refractivity contribution in [2.24, 2.45) is 5.92 Å². The molecule has 6 nitrogen and oxygen atoms in total. The summed E-state index contributed by atoms with van der Waals surface area (Å²) < 4.78 is 16.1. The van der Waals surface area contributed by atoms with Gasteiger partial charge < -0.3 is 19.3 Å². The summed E-state index contributed by atoms with van der Waals surface area (Å²) in [5.74, 6) is 1.70. The number of ether oxygens (including phenoxy) is 3. The Labute approximate surface area is 149 Å². The summed E-state index contributed by atoms with van der Waals surface area (Å²) >= 11 is 0. The predicted molar refractivity (Wildman–Crippen MR) is 95.9 cm³/mol. The molecule has 0 aliphatic carbocycles. The van der Waals surface area contributed by atoms with E-state index >= 15 is 0 Å². The van der Waals surface area contributed by atoms with Gasteiger partial charge in [0.15, 0.2) is 5.78 Å². The van der Waals surface area contributed by atoms with Gasteiger partial charge in [-0.25, -0.2) is 0 Å². The SMILES string of the molecule is CCC(C(=O)c1c(OC)cc(OC)cc1OC)N1CCCC(CO)C1. The number of piperidine rings is 1. The first-order valence-electron chi connectivity index (χ1n) is 8.78. The van der Waals surface area contributed by atoms with Crippen molar-refractivity contribution < 1.29 is 24.1 Å². The van der Waals surface area contributed by atoms with E-state index < -0.39 is 0 Å². The molecular formula is C19H29NO5. The Morgan fingerprint density at radius 3 is 2.36 bits per heavy atom. The van der Waals surface area contributed by atoms with E-state index in [9.17, 15) is 9.90 Å². The van der Waals surface area contributed by atoms with Gasteiger partial charge in [-0.1, -0.05) is 6.92 Å². The topological polar surface area (TPSA) is 68.2 Å². The molecule has 2 atom stereocenters. The quantitative estimate of drug-likeness (QED) is 0.725. The molecule has 25 heavy (non-hydrogen) atoms. The van der Waals surface area contributed by atoms with Gasteiger partial charge in [-0.05, 0) is 31.7 Å². The molecule has 0 radical (unpaired) electrons. The van der Waals surface area contributed by atoms with E-state index in [4.69, 9.17) is 14.2 Å². The van der Waals surface area contributed by atoms with Crippen molar-refractivity contribution in [3.63, 3.8) is 0 Å². The van der Waals surface area contributed by atoms with Crippen LogP contribution in [0.5, 0.6) is 17.2 Å². The zero-order valence-corrected chi connectivity index (χ0v) is 15.6. The van der Waals surface area contributed by atoms with Crippen LogP contribution in [0.3, 0.4) is 0 Å². The van der Waals surface area contributed by atoms with Crippen molar-refractivity contribution in [1.29, 1.82) is 0 Å². The van der Waals surface area contributed by atoms with Gasteiger partial charge >= 0.3 is 0 Å². The maximum Gasteiger partial charge on any atom is 0.187 e. The van der Waals surface area contributed by atoms with Crippen LogP contribution in [0.2, 0.25) is 0 Å². The summed E-state index contributed by atoms with van der Waals surface area (Å²) in [6.45, 7) is 3.77. The van der Waals surface area contributed by atoms with Crippen LogP contribution in [-0.2, 0) is 0 Å². The molecule has 0 bridgehead atoms. The second-order valence-corrected chi connectivity index (χ2v) is 6.38. The van der Waals surface area contributed by atoms with Crippen LogP contribution < -0.4 is 14.2 Å². The normalized spacial score (nSPS) is 19.3. The lowest BCUT2D eigenvalue weighted by Crippen LogP contribution is -2.47. The van der Waals surface area contributed by atoms with E-state index in [2.05, 4.69) is 4.90 Å². The van der Waals surface area contributed by atoms with Gasteiger partial charge in [-0.2, -0.15) is 0 Å². The number of rotatable bonds is 8. The molecule has 6 heteroatoms. The molecule has 1 aromatic carbocycles. The molecule has 1 saturated heterocycles. The minimum Gasteiger partial charge on any atom is -0.496 e. The summed E-state index contributed by atoms with van der Waals surface area (Å²) in [6, 6.07) is 3.15. The number of carbonyl (C=O) groups is 1.